The molecule has 96 valence electrons. The molecule has 0 spiro atoms. The first-order valence-electron chi connectivity index (χ1n) is 7.36. The molecule has 0 aromatic rings. The Morgan fingerprint density at radius 1 is 1.06 bits per heavy atom. The van der Waals surface area contributed by atoms with Gasteiger partial charge in [0.2, 0.25) is 0 Å². The van der Waals surface area contributed by atoms with Crippen LogP contribution in [0.3, 0.4) is 0 Å². The topological polar surface area (TPSA) is 20.2 Å². The summed E-state index contributed by atoms with van der Waals surface area (Å²) in [6, 6.07) is 0. The van der Waals surface area contributed by atoms with E-state index < -0.39 is 0 Å². The first-order valence-corrected chi connectivity index (χ1v) is 7.36. The van der Waals surface area contributed by atoms with Crippen molar-refractivity contribution < 1.29 is 5.11 Å². The van der Waals surface area contributed by atoms with Crippen LogP contribution in [0.5, 0.6) is 0 Å². The third kappa shape index (κ3) is 5.89. The third-order valence-corrected chi connectivity index (χ3v) is 4.02. The quantitative estimate of drug-likeness (QED) is 0.566. The van der Waals surface area contributed by atoms with Gasteiger partial charge in [-0.2, -0.15) is 0 Å². The van der Waals surface area contributed by atoms with Crippen LogP contribution in [-0.2, 0) is 0 Å². The van der Waals surface area contributed by atoms with Crippen molar-refractivity contribution in [1.29, 1.82) is 0 Å². The zero-order chi connectivity index (χ0) is 11.9. The Morgan fingerprint density at radius 2 is 1.69 bits per heavy atom. The summed E-state index contributed by atoms with van der Waals surface area (Å²) in [6.07, 6.45) is 14.1. The van der Waals surface area contributed by atoms with Crippen LogP contribution in [0.15, 0.2) is 0 Å². The minimum absolute atomic E-state index is 0.379. The van der Waals surface area contributed by atoms with Gasteiger partial charge in [-0.25, -0.2) is 0 Å². The first kappa shape index (κ1) is 14.0. The largest absolute Gasteiger partial charge is 0.390 e. The van der Waals surface area contributed by atoms with Crippen molar-refractivity contribution in [2.24, 2.45) is 5.92 Å². The van der Waals surface area contributed by atoms with Crippen LogP contribution in [0, 0.1) is 5.92 Å². The molecule has 1 aliphatic carbocycles. The van der Waals surface area contributed by atoms with Gasteiger partial charge in [-0.3, -0.25) is 0 Å². The van der Waals surface area contributed by atoms with Crippen molar-refractivity contribution in [3.05, 3.63) is 0 Å². The molecule has 1 rings (SSSR count). The van der Waals surface area contributed by atoms with E-state index in [9.17, 15) is 5.11 Å². The monoisotopic (exact) mass is 226 g/mol. The molecule has 1 N–H and O–H groups in total. The number of unbranched alkanes of at least 4 members (excludes halogenated alkanes) is 5. The molecule has 1 unspecified atom stereocenters. The van der Waals surface area contributed by atoms with Crippen molar-refractivity contribution in [2.45, 2.75) is 90.1 Å². The van der Waals surface area contributed by atoms with Gasteiger partial charge >= 0.3 is 0 Å². The molecular formula is C15H30O. The lowest BCUT2D eigenvalue weighted by Gasteiger charge is -2.33. The smallest absolute Gasteiger partial charge is 0.0622 e. The van der Waals surface area contributed by atoms with Gasteiger partial charge in [0, 0.05) is 0 Å². The van der Waals surface area contributed by atoms with Gasteiger partial charge in [0.1, 0.15) is 0 Å². The second-order valence-electron chi connectivity index (χ2n) is 6.02. The summed E-state index contributed by atoms with van der Waals surface area (Å²) in [5.74, 6) is 0.829. The van der Waals surface area contributed by atoms with E-state index in [4.69, 9.17) is 0 Å². The molecule has 0 aromatic carbocycles. The maximum absolute atomic E-state index is 10.3. The van der Waals surface area contributed by atoms with Gasteiger partial charge in [-0.05, 0) is 25.7 Å². The van der Waals surface area contributed by atoms with E-state index in [1.54, 1.807) is 0 Å². The van der Waals surface area contributed by atoms with Crippen LogP contribution >= 0.6 is 0 Å². The fraction of sp³-hybridized carbons (Fsp3) is 1.00. The summed E-state index contributed by atoms with van der Waals surface area (Å²) in [5.41, 5.74) is -0.379. The van der Waals surface area contributed by atoms with Gasteiger partial charge < -0.3 is 5.11 Å². The predicted molar refractivity (Wildman–Crippen MR) is 70.6 cm³/mol. The van der Waals surface area contributed by atoms with Crippen molar-refractivity contribution in [3.8, 4) is 0 Å². The Hall–Kier alpha value is -0.0400. The Kier molecular flexibility index (Phi) is 6.41. The average molecular weight is 226 g/mol. The molecule has 1 saturated carbocycles. The Balaban J connectivity index is 1.96. The van der Waals surface area contributed by atoms with E-state index in [1.807, 2.05) is 6.92 Å². The molecule has 0 heterocycles. The molecule has 1 atom stereocenters. The fourth-order valence-corrected chi connectivity index (χ4v) is 2.71. The maximum atomic E-state index is 10.3. The first-order chi connectivity index (χ1) is 7.64. The third-order valence-electron chi connectivity index (χ3n) is 4.02. The minimum Gasteiger partial charge on any atom is -0.390 e. The van der Waals surface area contributed by atoms with Crippen LogP contribution in [0.25, 0.3) is 0 Å². The molecule has 0 radical (unpaired) electrons. The van der Waals surface area contributed by atoms with Crippen molar-refractivity contribution >= 4 is 0 Å². The van der Waals surface area contributed by atoms with E-state index in [1.165, 1.54) is 57.8 Å². The summed E-state index contributed by atoms with van der Waals surface area (Å²) in [4.78, 5) is 0. The lowest BCUT2D eigenvalue weighted by molar-refractivity contribution is 0.0103. The second kappa shape index (κ2) is 7.32. The highest BCUT2D eigenvalue weighted by Crippen LogP contribution is 2.35. The summed E-state index contributed by atoms with van der Waals surface area (Å²) >= 11 is 0. The molecule has 1 aliphatic rings. The number of rotatable bonds is 9. The molecular weight excluding hydrogens is 196 g/mol. The van der Waals surface area contributed by atoms with Gasteiger partial charge in [0.15, 0.2) is 0 Å². The molecule has 1 nitrogen and oxygen atoms in total. The SMILES string of the molecule is CCCCCCCCC(C)(O)CC1CCC1. The Bertz CT molecular complexity index is 170. The van der Waals surface area contributed by atoms with Crippen LogP contribution < -0.4 is 0 Å². The molecule has 0 aromatic heterocycles. The maximum Gasteiger partial charge on any atom is 0.0622 e. The average Bonchev–Trinajstić information content (AvgIpc) is 2.18. The molecule has 1 heteroatoms. The van der Waals surface area contributed by atoms with Crippen LogP contribution in [0.4, 0.5) is 0 Å². The van der Waals surface area contributed by atoms with E-state index in [2.05, 4.69) is 6.92 Å². The normalized spacial score (nSPS) is 20.4. The summed E-state index contributed by atoms with van der Waals surface area (Å²) in [6.45, 7) is 4.29. The Labute approximate surface area is 102 Å². The zero-order valence-corrected chi connectivity index (χ0v) is 11.3. The predicted octanol–water partition coefficient (Wildman–Crippen LogP) is 4.68. The Morgan fingerprint density at radius 3 is 2.25 bits per heavy atom. The summed E-state index contributed by atoms with van der Waals surface area (Å²) in [5, 5.41) is 10.3. The summed E-state index contributed by atoms with van der Waals surface area (Å²) in [7, 11) is 0. The van der Waals surface area contributed by atoms with Crippen molar-refractivity contribution in [2.75, 3.05) is 0 Å². The fourth-order valence-electron chi connectivity index (χ4n) is 2.71. The van der Waals surface area contributed by atoms with E-state index in [0.717, 1.165) is 18.8 Å². The van der Waals surface area contributed by atoms with Crippen LogP contribution in [0.2, 0.25) is 0 Å². The standard InChI is InChI=1S/C15H30O/c1-3-4-5-6-7-8-12-15(2,16)13-14-10-9-11-14/h14,16H,3-13H2,1-2H3. The highest BCUT2D eigenvalue weighted by molar-refractivity contribution is 4.81. The van der Waals surface area contributed by atoms with Gasteiger partial charge in [0.25, 0.3) is 0 Å². The zero-order valence-electron chi connectivity index (χ0n) is 11.3. The lowest BCUT2D eigenvalue weighted by Crippen LogP contribution is -2.30. The highest BCUT2D eigenvalue weighted by Gasteiger charge is 2.28. The summed E-state index contributed by atoms with van der Waals surface area (Å²) < 4.78 is 0. The van der Waals surface area contributed by atoms with Gasteiger partial charge in [0.05, 0.1) is 5.60 Å². The minimum atomic E-state index is -0.379. The molecule has 0 amide bonds. The lowest BCUT2D eigenvalue weighted by atomic mass is 9.76. The molecule has 1 fully saturated rings. The molecule has 0 saturated heterocycles. The highest BCUT2D eigenvalue weighted by atomic mass is 16.3. The van der Waals surface area contributed by atoms with Crippen molar-refractivity contribution in [3.63, 3.8) is 0 Å². The van der Waals surface area contributed by atoms with Crippen molar-refractivity contribution in [1.82, 2.24) is 0 Å². The number of aliphatic hydroxyl groups is 1. The van der Waals surface area contributed by atoms with Crippen LogP contribution in [-0.4, -0.2) is 10.7 Å². The van der Waals surface area contributed by atoms with Crippen LogP contribution in [0.1, 0.15) is 84.5 Å². The molecule has 0 bridgehead atoms. The van der Waals surface area contributed by atoms with E-state index in [-0.39, 0.29) is 5.60 Å². The van der Waals surface area contributed by atoms with Gasteiger partial charge in [-0.1, -0.05) is 64.7 Å². The number of hydrogen-bond donors (Lipinski definition) is 1. The van der Waals surface area contributed by atoms with Gasteiger partial charge in [-0.15, -0.1) is 0 Å². The van der Waals surface area contributed by atoms with E-state index in [0.29, 0.717) is 0 Å². The molecule has 0 aliphatic heterocycles. The van der Waals surface area contributed by atoms with E-state index >= 15 is 0 Å². The second-order valence-corrected chi connectivity index (χ2v) is 6.02. The molecule has 16 heavy (non-hydrogen) atoms. The number of hydrogen-bond acceptors (Lipinski definition) is 1.